The molecule has 4 heteroatoms. The van der Waals surface area contributed by atoms with E-state index in [0.29, 0.717) is 18.4 Å². The van der Waals surface area contributed by atoms with E-state index in [2.05, 4.69) is 17.3 Å². The van der Waals surface area contributed by atoms with Crippen LogP contribution in [0.3, 0.4) is 0 Å². The van der Waals surface area contributed by atoms with Crippen LogP contribution in [0.4, 0.5) is 0 Å². The van der Waals surface area contributed by atoms with Gasteiger partial charge in [-0.05, 0) is 55.9 Å². The first-order valence-corrected chi connectivity index (χ1v) is 8.50. The molecule has 0 aromatic heterocycles. The Morgan fingerprint density at radius 3 is 3.23 bits per heavy atom. The molecule has 3 fully saturated rings. The highest BCUT2D eigenvalue weighted by molar-refractivity contribution is 5.79. The van der Waals surface area contributed by atoms with E-state index in [1.807, 2.05) is 4.90 Å². The SMILES string of the molecule is C#C[C@@H]1CCCN1C(=O)CNC12CC=C3C(O)CC(C1)C3C2. The number of aliphatic hydroxyl groups is 1. The number of nitrogens with zero attached hydrogens (tertiary/aromatic N) is 1. The first kappa shape index (κ1) is 14.3. The van der Waals surface area contributed by atoms with Gasteiger partial charge in [0.1, 0.15) is 0 Å². The minimum Gasteiger partial charge on any atom is -0.389 e. The molecule has 0 spiro atoms. The van der Waals surface area contributed by atoms with Crippen LogP contribution >= 0.6 is 0 Å². The van der Waals surface area contributed by atoms with E-state index in [1.54, 1.807) is 0 Å². The maximum absolute atomic E-state index is 12.5. The number of hydrogen-bond acceptors (Lipinski definition) is 3. The van der Waals surface area contributed by atoms with Gasteiger partial charge in [-0.3, -0.25) is 4.79 Å². The number of rotatable bonds is 3. The van der Waals surface area contributed by atoms with Crippen molar-refractivity contribution in [2.75, 3.05) is 13.1 Å². The molecule has 1 saturated heterocycles. The number of likely N-dealkylation sites (tertiary alicyclic amines) is 1. The molecule has 2 N–H and O–H groups in total. The summed E-state index contributed by atoms with van der Waals surface area (Å²) in [4.78, 5) is 14.3. The zero-order valence-corrected chi connectivity index (χ0v) is 12.9. The van der Waals surface area contributed by atoms with E-state index in [1.165, 1.54) is 5.57 Å². The van der Waals surface area contributed by atoms with Gasteiger partial charge in [0, 0.05) is 12.1 Å². The van der Waals surface area contributed by atoms with Crippen LogP contribution in [0, 0.1) is 24.2 Å². The second-order valence-electron chi connectivity index (χ2n) is 7.48. The van der Waals surface area contributed by atoms with E-state index in [4.69, 9.17) is 6.42 Å². The first-order valence-electron chi connectivity index (χ1n) is 8.50. The van der Waals surface area contributed by atoms with Crippen molar-refractivity contribution >= 4 is 5.91 Å². The quantitative estimate of drug-likeness (QED) is 0.605. The fourth-order valence-electron chi connectivity index (χ4n) is 5.21. The molecule has 4 nitrogen and oxygen atoms in total. The fourth-order valence-corrected chi connectivity index (χ4v) is 5.21. The molecule has 22 heavy (non-hydrogen) atoms. The Morgan fingerprint density at radius 1 is 1.55 bits per heavy atom. The number of amides is 1. The number of carbonyl (C=O) groups excluding carboxylic acids is 1. The third kappa shape index (κ3) is 2.11. The molecule has 4 unspecified atom stereocenters. The molecule has 1 aliphatic heterocycles. The highest BCUT2D eigenvalue weighted by Crippen LogP contribution is 2.55. The smallest absolute Gasteiger partial charge is 0.237 e. The van der Waals surface area contributed by atoms with Crippen molar-refractivity contribution in [2.45, 2.75) is 56.2 Å². The molecule has 5 atom stereocenters. The van der Waals surface area contributed by atoms with Gasteiger partial charge < -0.3 is 15.3 Å². The Labute approximate surface area is 131 Å². The van der Waals surface area contributed by atoms with Gasteiger partial charge in [-0.15, -0.1) is 6.42 Å². The highest BCUT2D eigenvalue weighted by atomic mass is 16.3. The third-order valence-electron chi connectivity index (χ3n) is 6.28. The zero-order chi connectivity index (χ0) is 15.3. The van der Waals surface area contributed by atoms with Crippen molar-refractivity contribution in [1.82, 2.24) is 10.2 Å². The molecule has 2 saturated carbocycles. The number of carbonyl (C=O) groups is 1. The summed E-state index contributed by atoms with van der Waals surface area (Å²) >= 11 is 0. The maximum Gasteiger partial charge on any atom is 0.237 e. The van der Waals surface area contributed by atoms with Gasteiger partial charge in [0.05, 0.1) is 18.7 Å². The van der Waals surface area contributed by atoms with Crippen LogP contribution < -0.4 is 5.32 Å². The van der Waals surface area contributed by atoms with E-state index in [9.17, 15) is 9.90 Å². The molecule has 1 amide bonds. The van der Waals surface area contributed by atoms with Crippen LogP contribution in [-0.4, -0.2) is 46.7 Å². The lowest BCUT2D eigenvalue weighted by atomic mass is 9.82. The number of hydrogen-bond donors (Lipinski definition) is 2. The molecular weight excluding hydrogens is 276 g/mol. The van der Waals surface area contributed by atoms with Gasteiger partial charge in [0.25, 0.3) is 0 Å². The average Bonchev–Trinajstić information content (AvgIpc) is 3.15. The van der Waals surface area contributed by atoms with Gasteiger partial charge in [0.2, 0.25) is 5.91 Å². The minimum atomic E-state index is -0.212. The molecule has 3 aliphatic carbocycles. The number of terminal acetylenes is 1. The lowest BCUT2D eigenvalue weighted by Gasteiger charge is -2.35. The molecule has 4 rings (SSSR count). The molecule has 0 aromatic carbocycles. The Balaban J connectivity index is 1.40. The Bertz CT molecular complexity index is 564. The Kier molecular flexibility index (Phi) is 3.32. The van der Waals surface area contributed by atoms with Crippen LogP contribution in [0.1, 0.15) is 38.5 Å². The van der Waals surface area contributed by atoms with Crippen molar-refractivity contribution in [3.8, 4) is 12.3 Å². The van der Waals surface area contributed by atoms with E-state index in [0.717, 1.165) is 45.1 Å². The van der Waals surface area contributed by atoms with Crippen LogP contribution in [0.5, 0.6) is 0 Å². The highest BCUT2D eigenvalue weighted by Gasteiger charge is 2.53. The standard InChI is InChI=1S/C18H24N2O2/c1-2-13-4-3-7-20(13)17(22)11-19-18-6-5-14-15(10-18)12(9-18)8-16(14)21/h1,5,12-13,15-16,19,21H,3-4,6-11H2/t12?,13-,15?,16?,18?/m1/s1. The summed E-state index contributed by atoms with van der Waals surface area (Å²) in [5.74, 6) is 4.00. The zero-order valence-electron chi connectivity index (χ0n) is 12.9. The Hall–Kier alpha value is -1.31. The van der Waals surface area contributed by atoms with E-state index in [-0.39, 0.29) is 23.6 Å². The summed E-state index contributed by atoms with van der Waals surface area (Å²) in [6.07, 6.45) is 13.5. The molecular formula is C18H24N2O2. The van der Waals surface area contributed by atoms with Crippen molar-refractivity contribution in [3.05, 3.63) is 11.6 Å². The van der Waals surface area contributed by atoms with Crippen molar-refractivity contribution in [3.63, 3.8) is 0 Å². The number of nitrogens with one attached hydrogen (secondary N) is 1. The normalized spacial score (nSPS) is 42.4. The number of aliphatic hydroxyl groups excluding tert-OH is 1. The summed E-state index contributed by atoms with van der Waals surface area (Å²) in [5.41, 5.74) is 1.33. The van der Waals surface area contributed by atoms with E-state index < -0.39 is 0 Å². The van der Waals surface area contributed by atoms with Crippen LogP contribution in [0.15, 0.2) is 11.6 Å². The first-order chi connectivity index (χ1) is 10.6. The third-order valence-corrected chi connectivity index (χ3v) is 6.28. The van der Waals surface area contributed by atoms with Crippen molar-refractivity contribution < 1.29 is 9.90 Å². The van der Waals surface area contributed by atoms with Gasteiger partial charge in [0.15, 0.2) is 0 Å². The minimum absolute atomic E-state index is 0.0113. The fraction of sp³-hybridized carbons (Fsp3) is 0.722. The molecule has 0 aromatic rings. The monoisotopic (exact) mass is 300 g/mol. The van der Waals surface area contributed by atoms with Crippen LogP contribution in [0.25, 0.3) is 0 Å². The summed E-state index contributed by atoms with van der Waals surface area (Å²) in [6.45, 7) is 1.19. The summed E-state index contributed by atoms with van der Waals surface area (Å²) < 4.78 is 0. The lowest BCUT2D eigenvalue weighted by molar-refractivity contribution is -0.130. The van der Waals surface area contributed by atoms with Gasteiger partial charge in [-0.2, -0.15) is 0 Å². The molecule has 0 radical (unpaired) electrons. The molecule has 4 aliphatic rings. The second-order valence-corrected chi connectivity index (χ2v) is 7.48. The van der Waals surface area contributed by atoms with Crippen molar-refractivity contribution in [1.29, 1.82) is 0 Å². The summed E-state index contributed by atoms with van der Waals surface area (Å²) in [7, 11) is 0. The second kappa shape index (κ2) is 5.11. The number of fused-ring (bicyclic) bond motifs is 1. The topological polar surface area (TPSA) is 52.6 Å². The largest absolute Gasteiger partial charge is 0.389 e. The average molecular weight is 300 g/mol. The molecule has 1 heterocycles. The van der Waals surface area contributed by atoms with Crippen LogP contribution in [-0.2, 0) is 4.79 Å². The Morgan fingerprint density at radius 2 is 2.41 bits per heavy atom. The molecule has 2 bridgehead atoms. The predicted molar refractivity (Wildman–Crippen MR) is 83.8 cm³/mol. The predicted octanol–water partition coefficient (Wildman–Crippen LogP) is 1.06. The maximum atomic E-state index is 12.5. The van der Waals surface area contributed by atoms with Gasteiger partial charge >= 0.3 is 0 Å². The lowest BCUT2D eigenvalue weighted by Crippen LogP contribution is -2.50. The van der Waals surface area contributed by atoms with E-state index >= 15 is 0 Å². The van der Waals surface area contributed by atoms with Gasteiger partial charge in [-0.25, -0.2) is 0 Å². The summed E-state index contributed by atoms with van der Waals surface area (Å²) in [6, 6.07) is -0.0113. The van der Waals surface area contributed by atoms with Crippen molar-refractivity contribution in [2.24, 2.45) is 11.8 Å². The summed E-state index contributed by atoms with van der Waals surface area (Å²) in [5, 5.41) is 13.6. The van der Waals surface area contributed by atoms with Crippen LogP contribution in [0.2, 0.25) is 0 Å². The van der Waals surface area contributed by atoms with Gasteiger partial charge in [-0.1, -0.05) is 12.0 Å². The molecule has 118 valence electrons.